The number of halogens is 3. The van der Waals surface area contributed by atoms with Gasteiger partial charge in [-0.2, -0.15) is 13.2 Å². The molecule has 14 heteroatoms. The van der Waals surface area contributed by atoms with Crippen LogP contribution in [0, 0.1) is 6.92 Å². The van der Waals surface area contributed by atoms with Crippen LogP contribution in [0.15, 0.2) is 48.8 Å². The molecule has 3 heterocycles. The second-order valence-electron chi connectivity index (χ2n) is 11.8. The number of carbonyl (C=O) groups excluding carboxylic acids is 2. The highest BCUT2D eigenvalue weighted by atomic mass is 19.4. The highest BCUT2D eigenvalue weighted by molar-refractivity contribution is 6.04. The lowest BCUT2D eigenvalue weighted by molar-refractivity contribution is -0.149. The summed E-state index contributed by atoms with van der Waals surface area (Å²) >= 11 is 0. The second-order valence-corrected chi connectivity index (χ2v) is 11.8. The topological polar surface area (TPSA) is 121 Å². The molecule has 1 saturated heterocycles. The Kier molecular flexibility index (Phi) is 12.4. The molecule has 2 atom stereocenters. The van der Waals surface area contributed by atoms with Crippen molar-refractivity contribution in [2.24, 2.45) is 0 Å². The van der Waals surface area contributed by atoms with Crippen molar-refractivity contribution in [3.8, 4) is 17.0 Å². The van der Waals surface area contributed by atoms with E-state index in [2.05, 4.69) is 15.2 Å². The number of pyridine rings is 2. The molecule has 2 fully saturated rings. The summed E-state index contributed by atoms with van der Waals surface area (Å²) in [5.74, 6) is -0.589. The van der Waals surface area contributed by atoms with Crippen LogP contribution in [0.5, 0.6) is 5.88 Å². The summed E-state index contributed by atoms with van der Waals surface area (Å²) in [5.41, 5.74) is 2.23. The average Bonchev–Trinajstić information content (AvgIpc) is 3.09. The third-order valence-corrected chi connectivity index (χ3v) is 8.25. The van der Waals surface area contributed by atoms with Crippen molar-refractivity contribution in [1.82, 2.24) is 9.97 Å². The fourth-order valence-electron chi connectivity index (χ4n) is 5.79. The number of morpholine rings is 1. The van der Waals surface area contributed by atoms with Crippen molar-refractivity contribution in [2.45, 2.75) is 57.9 Å². The molecule has 0 radical (unpaired) electrons. The number of carbonyl (C=O) groups is 2. The molecular formula is C35H41F3N4O7. The molecule has 1 aliphatic heterocycles. The molecule has 2 aliphatic rings. The van der Waals surface area contributed by atoms with Gasteiger partial charge in [-0.25, -0.2) is 9.78 Å². The van der Waals surface area contributed by atoms with Crippen molar-refractivity contribution >= 4 is 23.3 Å². The minimum atomic E-state index is -4.56. The summed E-state index contributed by atoms with van der Waals surface area (Å²) in [7, 11) is 0. The van der Waals surface area contributed by atoms with Crippen LogP contribution >= 0.6 is 0 Å². The molecule has 1 N–H and O–H groups in total. The van der Waals surface area contributed by atoms with Crippen molar-refractivity contribution in [2.75, 3.05) is 62.9 Å². The Bertz CT molecular complexity index is 1580. The van der Waals surface area contributed by atoms with E-state index in [0.717, 1.165) is 42.6 Å². The Morgan fingerprint density at radius 1 is 1.04 bits per heavy atom. The monoisotopic (exact) mass is 686 g/mol. The number of alkyl halides is 3. The van der Waals surface area contributed by atoms with Crippen LogP contribution in [0.4, 0.5) is 24.5 Å². The molecule has 0 unspecified atom stereocenters. The summed E-state index contributed by atoms with van der Waals surface area (Å²) in [6.07, 6.45) is 1.81. The maximum atomic E-state index is 13.2. The zero-order valence-electron chi connectivity index (χ0n) is 27.6. The van der Waals surface area contributed by atoms with Gasteiger partial charge in [0.2, 0.25) is 5.88 Å². The number of nitrogens with one attached hydrogen (secondary N) is 1. The molecule has 5 rings (SSSR count). The van der Waals surface area contributed by atoms with Crippen LogP contribution in [-0.4, -0.2) is 86.8 Å². The number of nitrogens with zero attached hydrogens (tertiary/aromatic N) is 3. The molecule has 11 nitrogen and oxygen atoms in total. The van der Waals surface area contributed by atoms with E-state index in [0.29, 0.717) is 68.8 Å². The first-order valence-corrected chi connectivity index (χ1v) is 16.4. The molecule has 0 bridgehead atoms. The van der Waals surface area contributed by atoms with Crippen molar-refractivity contribution < 1.29 is 46.4 Å². The Balaban J connectivity index is 1.29. The van der Waals surface area contributed by atoms with Gasteiger partial charge in [0.05, 0.1) is 56.6 Å². The lowest BCUT2D eigenvalue weighted by atomic mass is 9.95. The van der Waals surface area contributed by atoms with Gasteiger partial charge in [-0.3, -0.25) is 9.78 Å². The third kappa shape index (κ3) is 10.1. The highest BCUT2D eigenvalue weighted by Crippen LogP contribution is 2.36. The summed E-state index contributed by atoms with van der Waals surface area (Å²) in [6.45, 7) is 6.83. The fourth-order valence-corrected chi connectivity index (χ4v) is 5.79. The molecule has 1 amide bonds. The number of hydrogen-bond donors (Lipinski definition) is 1. The maximum Gasteiger partial charge on any atom is 0.416 e. The number of ether oxygens (including phenoxy) is 5. The van der Waals surface area contributed by atoms with Gasteiger partial charge < -0.3 is 33.9 Å². The van der Waals surface area contributed by atoms with Crippen molar-refractivity contribution in [3.05, 3.63) is 65.6 Å². The molecule has 1 aromatic carbocycles. The first-order chi connectivity index (χ1) is 23.6. The molecule has 0 spiro atoms. The minimum Gasteiger partial charge on any atom is -0.473 e. The van der Waals surface area contributed by atoms with Crippen LogP contribution in [0.1, 0.15) is 54.2 Å². The third-order valence-electron chi connectivity index (χ3n) is 8.25. The summed E-state index contributed by atoms with van der Waals surface area (Å²) in [4.78, 5) is 35.7. The Labute approximate surface area is 283 Å². The van der Waals surface area contributed by atoms with Gasteiger partial charge in [0.1, 0.15) is 18.4 Å². The number of hydrogen-bond acceptors (Lipinski definition) is 10. The van der Waals surface area contributed by atoms with Gasteiger partial charge >= 0.3 is 12.1 Å². The molecule has 3 aromatic rings. The van der Waals surface area contributed by atoms with E-state index in [-0.39, 0.29) is 31.0 Å². The number of esters is 1. The number of benzene rings is 1. The Morgan fingerprint density at radius 3 is 2.61 bits per heavy atom. The Morgan fingerprint density at radius 2 is 1.84 bits per heavy atom. The Hall–Kier alpha value is -4.27. The largest absolute Gasteiger partial charge is 0.473 e. The van der Waals surface area contributed by atoms with E-state index >= 15 is 0 Å². The van der Waals surface area contributed by atoms with Gasteiger partial charge in [0, 0.05) is 48.1 Å². The lowest BCUT2D eigenvalue weighted by Gasteiger charge is -2.33. The van der Waals surface area contributed by atoms with Gasteiger partial charge in [-0.15, -0.1) is 0 Å². The summed E-state index contributed by atoms with van der Waals surface area (Å²) in [6, 6.07) is 7.98. The van der Waals surface area contributed by atoms with Gasteiger partial charge in [0.25, 0.3) is 5.91 Å². The van der Waals surface area contributed by atoms with Crippen LogP contribution in [-0.2, 0) is 29.9 Å². The van der Waals surface area contributed by atoms with E-state index in [4.69, 9.17) is 28.7 Å². The van der Waals surface area contributed by atoms with Crippen molar-refractivity contribution in [3.63, 3.8) is 0 Å². The summed E-state index contributed by atoms with van der Waals surface area (Å²) in [5, 5.41) is 2.67. The number of amides is 1. The van der Waals surface area contributed by atoms with Crippen LogP contribution < -0.4 is 15.0 Å². The summed E-state index contributed by atoms with van der Waals surface area (Å²) < 4.78 is 68.0. The number of rotatable bonds is 13. The molecule has 1 saturated carbocycles. The van der Waals surface area contributed by atoms with Gasteiger partial charge in [0.15, 0.2) is 0 Å². The second kappa shape index (κ2) is 16.9. The lowest BCUT2D eigenvalue weighted by Crippen LogP contribution is -2.37. The number of aromatic nitrogens is 2. The van der Waals surface area contributed by atoms with Crippen LogP contribution in [0.2, 0.25) is 0 Å². The van der Waals surface area contributed by atoms with E-state index < -0.39 is 23.6 Å². The van der Waals surface area contributed by atoms with Crippen LogP contribution in [0.3, 0.4) is 0 Å². The normalized spacial score (nSPS) is 18.2. The van der Waals surface area contributed by atoms with E-state index in [1.54, 1.807) is 19.2 Å². The van der Waals surface area contributed by atoms with E-state index in [1.165, 1.54) is 18.3 Å². The van der Waals surface area contributed by atoms with E-state index in [9.17, 15) is 22.8 Å². The van der Waals surface area contributed by atoms with Gasteiger partial charge in [-0.05, 0) is 63.4 Å². The SMILES string of the molecule is CCOC(=O)COCCO[C@@H]1CCC[C@@H](Oc2ncc(-c3cc(NC(=O)c4cccc(C(F)(F)F)c4)cnc3C)cc2N2CCOCC2)C1. The number of anilines is 2. The molecule has 49 heavy (non-hydrogen) atoms. The highest BCUT2D eigenvalue weighted by Gasteiger charge is 2.31. The van der Waals surface area contributed by atoms with E-state index in [1.807, 2.05) is 13.0 Å². The quantitative estimate of drug-likeness (QED) is 0.173. The zero-order chi connectivity index (χ0) is 34.8. The minimum absolute atomic E-state index is 0.0151. The zero-order valence-corrected chi connectivity index (χ0v) is 27.6. The molecule has 2 aromatic heterocycles. The first-order valence-electron chi connectivity index (χ1n) is 16.4. The molecule has 1 aliphatic carbocycles. The predicted molar refractivity (Wildman–Crippen MR) is 175 cm³/mol. The first kappa shape index (κ1) is 36.0. The maximum absolute atomic E-state index is 13.2. The molecular weight excluding hydrogens is 645 g/mol. The fraction of sp³-hybridized carbons (Fsp3) is 0.486. The smallest absolute Gasteiger partial charge is 0.416 e. The standard InChI is InChI=1S/C35H41F3N4O7/c1-3-47-32(43)22-46-14-15-48-28-8-5-9-29(19-28)49-34-31(42-10-12-45-13-11-42)17-25(20-40-34)30-18-27(21-39-23(30)2)41-33(44)24-6-4-7-26(16-24)35(36,37)38/h4,6-7,16-18,20-21,28-29H,3,5,8-15,19,22H2,1-2H3,(H,41,44)/t28-,29-/m1/s1. The van der Waals surface area contributed by atoms with Crippen molar-refractivity contribution in [1.29, 1.82) is 0 Å². The number of aryl methyl sites for hydroxylation is 1. The van der Waals surface area contributed by atoms with Crippen LogP contribution in [0.25, 0.3) is 11.1 Å². The van der Waals surface area contributed by atoms with Gasteiger partial charge in [-0.1, -0.05) is 6.07 Å². The molecule has 264 valence electrons. The predicted octanol–water partition coefficient (Wildman–Crippen LogP) is 5.85. The average molecular weight is 687 g/mol.